The largest absolute Gasteiger partial charge is 0.497 e. The predicted octanol–water partition coefficient (Wildman–Crippen LogP) is 3.01. The Morgan fingerprint density at radius 3 is 1.96 bits per heavy atom. The van der Waals surface area contributed by atoms with Crippen molar-refractivity contribution >= 4 is 28.9 Å². The molecule has 0 radical (unpaired) electrons. The predicted molar refractivity (Wildman–Crippen MR) is 104 cm³/mol. The van der Waals surface area contributed by atoms with Gasteiger partial charge >= 0.3 is 0 Å². The Kier molecular flexibility index (Phi) is 5.22. The number of amides is 1. The third-order valence-electron chi connectivity index (χ3n) is 4.65. The zero-order valence-corrected chi connectivity index (χ0v) is 15.8. The molecule has 0 atom stereocenters. The van der Waals surface area contributed by atoms with E-state index in [1.807, 2.05) is 0 Å². The van der Waals surface area contributed by atoms with Crippen molar-refractivity contribution in [3.8, 4) is 5.75 Å². The van der Waals surface area contributed by atoms with Crippen molar-refractivity contribution in [2.24, 2.45) is 0 Å². The van der Waals surface area contributed by atoms with Crippen molar-refractivity contribution in [2.75, 3.05) is 18.6 Å². The van der Waals surface area contributed by atoms with E-state index < -0.39 is 17.3 Å². The molecular formula is C22H19NO5. The van der Waals surface area contributed by atoms with Crippen LogP contribution in [0.2, 0.25) is 0 Å². The second-order valence-electron chi connectivity index (χ2n) is 6.42. The summed E-state index contributed by atoms with van der Waals surface area (Å²) >= 11 is 0. The summed E-state index contributed by atoms with van der Waals surface area (Å²) in [5.74, 6) is -1.11. The Bertz CT molecular complexity index is 1020. The highest BCUT2D eigenvalue weighted by atomic mass is 16.5. The molecule has 1 aliphatic carbocycles. The van der Waals surface area contributed by atoms with Crippen LogP contribution >= 0.6 is 0 Å². The van der Waals surface area contributed by atoms with Crippen LogP contribution in [0.3, 0.4) is 0 Å². The van der Waals surface area contributed by atoms with Crippen LogP contribution in [0.5, 0.6) is 5.75 Å². The van der Waals surface area contributed by atoms with E-state index in [4.69, 9.17) is 4.74 Å². The molecular weight excluding hydrogens is 358 g/mol. The molecule has 1 amide bonds. The summed E-state index contributed by atoms with van der Waals surface area (Å²) in [7, 11) is 1.53. The first-order valence-corrected chi connectivity index (χ1v) is 8.69. The third kappa shape index (κ3) is 3.36. The number of fused-ring (bicyclic) bond motifs is 1. The summed E-state index contributed by atoms with van der Waals surface area (Å²) in [5, 5.41) is 0. The van der Waals surface area contributed by atoms with E-state index >= 15 is 0 Å². The van der Waals surface area contributed by atoms with Gasteiger partial charge in [-0.05, 0) is 31.2 Å². The van der Waals surface area contributed by atoms with E-state index in [9.17, 15) is 19.2 Å². The third-order valence-corrected chi connectivity index (χ3v) is 4.65. The highest BCUT2D eigenvalue weighted by Crippen LogP contribution is 2.29. The molecule has 0 bridgehead atoms. The highest BCUT2D eigenvalue weighted by molar-refractivity contribution is 6.36. The van der Waals surface area contributed by atoms with Gasteiger partial charge < -0.3 is 9.64 Å². The van der Waals surface area contributed by atoms with E-state index in [-0.39, 0.29) is 34.7 Å². The van der Waals surface area contributed by atoms with Gasteiger partial charge in [0.1, 0.15) is 5.75 Å². The van der Waals surface area contributed by atoms with Crippen LogP contribution in [0.1, 0.15) is 34.6 Å². The fraction of sp³-hybridized carbons (Fsp3) is 0.182. The Labute approximate surface area is 162 Å². The molecule has 3 rings (SSSR count). The molecule has 0 unspecified atom stereocenters. The van der Waals surface area contributed by atoms with Crippen LogP contribution in [0.15, 0.2) is 59.7 Å². The molecule has 0 N–H and O–H groups in total. The minimum atomic E-state index is -0.499. The number of hydrogen-bond donors (Lipinski definition) is 0. The Morgan fingerprint density at radius 1 is 0.893 bits per heavy atom. The smallest absolute Gasteiger partial charge is 0.224 e. The topological polar surface area (TPSA) is 80.8 Å². The number of ether oxygens (including phenoxy) is 1. The lowest BCUT2D eigenvalue weighted by Crippen LogP contribution is -2.36. The molecule has 6 nitrogen and oxygen atoms in total. The molecule has 2 aromatic rings. The average molecular weight is 377 g/mol. The standard InChI is InChI=1S/C22H19NO5/c1-13(24)20-19(21(26)17-6-4-5-7-18(17)22(20)27)12-23(14(2)25)15-8-10-16(28-3)11-9-15/h4-11H,12H2,1-3H3. The van der Waals surface area contributed by atoms with Crippen molar-refractivity contribution in [1.29, 1.82) is 0 Å². The van der Waals surface area contributed by atoms with Crippen LogP contribution in [0.25, 0.3) is 0 Å². The number of rotatable bonds is 5. The van der Waals surface area contributed by atoms with Crippen molar-refractivity contribution < 1.29 is 23.9 Å². The number of Topliss-reactive ketones (excluding diaryl/α,β-unsaturated/α-hetero) is 3. The summed E-state index contributed by atoms with van der Waals surface area (Å²) in [5.41, 5.74) is 0.847. The van der Waals surface area contributed by atoms with Gasteiger partial charge in [0.15, 0.2) is 17.3 Å². The van der Waals surface area contributed by atoms with Gasteiger partial charge in [0.2, 0.25) is 5.91 Å². The summed E-state index contributed by atoms with van der Waals surface area (Å²) in [6, 6.07) is 13.1. The van der Waals surface area contributed by atoms with Gasteiger partial charge in [-0.25, -0.2) is 0 Å². The minimum absolute atomic E-state index is 0.0298. The lowest BCUT2D eigenvalue weighted by atomic mass is 9.82. The SMILES string of the molecule is COc1ccc(N(CC2=C(C(C)=O)C(=O)c3ccccc3C2=O)C(C)=O)cc1. The molecule has 0 fully saturated rings. The summed E-state index contributed by atoms with van der Waals surface area (Å²) in [4.78, 5) is 51.7. The maximum absolute atomic E-state index is 13.0. The maximum Gasteiger partial charge on any atom is 0.224 e. The van der Waals surface area contributed by atoms with Gasteiger partial charge in [-0.1, -0.05) is 24.3 Å². The van der Waals surface area contributed by atoms with Crippen molar-refractivity contribution in [3.05, 3.63) is 70.8 Å². The number of anilines is 1. The second kappa shape index (κ2) is 7.60. The first-order chi connectivity index (χ1) is 13.3. The quantitative estimate of drug-likeness (QED) is 0.748. The fourth-order valence-corrected chi connectivity index (χ4v) is 3.25. The van der Waals surface area contributed by atoms with Crippen LogP contribution in [-0.4, -0.2) is 36.9 Å². The maximum atomic E-state index is 13.0. The van der Waals surface area contributed by atoms with E-state index in [2.05, 4.69) is 0 Å². The number of carbonyl (C=O) groups excluding carboxylic acids is 4. The number of ketones is 3. The van der Waals surface area contributed by atoms with Crippen LogP contribution in [0.4, 0.5) is 5.69 Å². The molecule has 0 aliphatic heterocycles. The van der Waals surface area contributed by atoms with E-state index in [1.165, 1.54) is 31.9 Å². The van der Waals surface area contributed by atoms with E-state index in [0.29, 0.717) is 11.4 Å². The lowest BCUT2D eigenvalue weighted by Gasteiger charge is -2.26. The molecule has 1 aliphatic rings. The molecule has 0 aromatic heterocycles. The zero-order chi connectivity index (χ0) is 20.4. The first-order valence-electron chi connectivity index (χ1n) is 8.69. The van der Waals surface area contributed by atoms with Crippen molar-refractivity contribution in [3.63, 3.8) is 0 Å². The van der Waals surface area contributed by atoms with Crippen LogP contribution in [-0.2, 0) is 9.59 Å². The normalized spacial score (nSPS) is 13.2. The van der Waals surface area contributed by atoms with Crippen LogP contribution in [0, 0.1) is 0 Å². The van der Waals surface area contributed by atoms with Gasteiger partial charge in [-0.3, -0.25) is 19.2 Å². The number of methoxy groups -OCH3 is 1. The number of benzene rings is 2. The van der Waals surface area contributed by atoms with Gasteiger partial charge in [0.05, 0.1) is 19.2 Å². The molecule has 0 heterocycles. The Morgan fingerprint density at radius 2 is 1.46 bits per heavy atom. The fourth-order valence-electron chi connectivity index (χ4n) is 3.25. The number of nitrogens with zero attached hydrogens (tertiary/aromatic N) is 1. The number of hydrogen-bond acceptors (Lipinski definition) is 5. The monoisotopic (exact) mass is 377 g/mol. The molecule has 6 heteroatoms. The zero-order valence-electron chi connectivity index (χ0n) is 15.8. The highest BCUT2D eigenvalue weighted by Gasteiger charge is 2.35. The van der Waals surface area contributed by atoms with Gasteiger partial charge in [0, 0.05) is 29.3 Å². The minimum Gasteiger partial charge on any atom is -0.497 e. The molecule has 142 valence electrons. The van der Waals surface area contributed by atoms with Crippen LogP contribution < -0.4 is 9.64 Å². The number of allylic oxidation sites excluding steroid dienone is 1. The van der Waals surface area contributed by atoms with Crippen molar-refractivity contribution in [2.45, 2.75) is 13.8 Å². The van der Waals surface area contributed by atoms with Crippen molar-refractivity contribution in [1.82, 2.24) is 0 Å². The summed E-state index contributed by atoms with van der Waals surface area (Å²) < 4.78 is 5.12. The van der Waals surface area contributed by atoms with E-state index in [1.54, 1.807) is 42.5 Å². The molecule has 0 saturated carbocycles. The Hall–Kier alpha value is -3.54. The summed E-state index contributed by atoms with van der Waals surface area (Å²) in [6.45, 7) is 2.44. The average Bonchev–Trinajstić information content (AvgIpc) is 2.69. The second-order valence-corrected chi connectivity index (χ2v) is 6.42. The Balaban J connectivity index is 2.08. The lowest BCUT2D eigenvalue weighted by molar-refractivity contribution is -0.116. The molecule has 2 aromatic carbocycles. The first kappa shape index (κ1) is 19.2. The van der Waals surface area contributed by atoms with Gasteiger partial charge in [-0.2, -0.15) is 0 Å². The molecule has 0 spiro atoms. The summed E-state index contributed by atoms with van der Waals surface area (Å²) in [6.07, 6.45) is 0. The molecule has 0 saturated heterocycles. The number of carbonyl (C=O) groups is 4. The van der Waals surface area contributed by atoms with Gasteiger partial charge in [-0.15, -0.1) is 0 Å². The van der Waals surface area contributed by atoms with Gasteiger partial charge in [0.25, 0.3) is 0 Å². The molecule has 28 heavy (non-hydrogen) atoms. The van der Waals surface area contributed by atoms with E-state index in [0.717, 1.165) is 0 Å².